The van der Waals surface area contributed by atoms with E-state index in [4.69, 9.17) is 0 Å². The molecular weight excluding hydrogens is 232 g/mol. The first kappa shape index (κ1) is 16.2. The van der Waals surface area contributed by atoms with E-state index in [-0.39, 0.29) is 16.9 Å². The summed E-state index contributed by atoms with van der Waals surface area (Å²) in [7, 11) is 0. The Bertz CT molecular complexity index is 389. The van der Waals surface area contributed by atoms with Crippen LogP contribution < -0.4 is 0 Å². The van der Waals surface area contributed by atoms with Gasteiger partial charge < -0.3 is 5.11 Å². The molecule has 1 aromatic carbocycles. The van der Waals surface area contributed by atoms with Crippen LogP contribution in [0.4, 0.5) is 0 Å². The van der Waals surface area contributed by atoms with Gasteiger partial charge in [0.15, 0.2) is 0 Å². The van der Waals surface area contributed by atoms with Crippen molar-refractivity contribution in [3.63, 3.8) is 0 Å². The van der Waals surface area contributed by atoms with Gasteiger partial charge in [0.05, 0.1) is 6.10 Å². The summed E-state index contributed by atoms with van der Waals surface area (Å²) in [6, 6.07) is 8.42. The Morgan fingerprint density at radius 3 is 1.79 bits per heavy atom. The number of hydrogen-bond acceptors (Lipinski definition) is 1. The van der Waals surface area contributed by atoms with Crippen molar-refractivity contribution in [2.24, 2.45) is 11.3 Å². The molecule has 108 valence electrons. The molecule has 0 bridgehead atoms. The van der Waals surface area contributed by atoms with Crippen LogP contribution in [0.15, 0.2) is 24.3 Å². The van der Waals surface area contributed by atoms with Gasteiger partial charge in [-0.15, -0.1) is 0 Å². The van der Waals surface area contributed by atoms with Crippen molar-refractivity contribution >= 4 is 0 Å². The second-order valence-corrected chi connectivity index (χ2v) is 7.89. The van der Waals surface area contributed by atoms with Crippen LogP contribution in [-0.4, -0.2) is 5.11 Å². The molecule has 0 aliphatic carbocycles. The van der Waals surface area contributed by atoms with E-state index >= 15 is 0 Å². The molecule has 0 aromatic heterocycles. The summed E-state index contributed by atoms with van der Waals surface area (Å²) in [6.07, 6.45) is 0.460. The lowest BCUT2D eigenvalue weighted by atomic mass is 9.78. The molecule has 0 saturated heterocycles. The van der Waals surface area contributed by atoms with Gasteiger partial charge in [0, 0.05) is 0 Å². The fourth-order valence-electron chi connectivity index (χ4n) is 2.03. The molecule has 0 heterocycles. The third-order valence-corrected chi connectivity index (χ3v) is 4.22. The van der Waals surface area contributed by atoms with Gasteiger partial charge in [-0.05, 0) is 34.3 Å². The van der Waals surface area contributed by atoms with E-state index in [1.807, 2.05) is 0 Å². The summed E-state index contributed by atoms with van der Waals surface area (Å²) in [6.45, 7) is 15.5. The van der Waals surface area contributed by atoms with E-state index in [0.29, 0.717) is 5.92 Å². The molecule has 0 fully saturated rings. The van der Waals surface area contributed by atoms with Crippen molar-refractivity contribution in [1.29, 1.82) is 0 Å². The van der Waals surface area contributed by atoms with E-state index in [9.17, 15) is 5.11 Å². The molecule has 0 amide bonds. The van der Waals surface area contributed by atoms with E-state index in [1.165, 1.54) is 5.56 Å². The van der Waals surface area contributed by atoms with Crippen molar-refractivity contribution in [1.82, 2.24) is 0 Å². The average molecular weight is 262 g/mol. The molecular formula is C18H30O. The number of rotatable bonds is 3. The lowest BCUT2D eigenvalue weighted by Crippen LogP contribution is -2.20. The lowest BCUT2D eigenvalue weighted by Gasteiger charge is -2.29. The molecule has 0 aliphatic rings. The standard InChI is InChI=1S/C18H30O/c1-13(17(2,3)4)12-16(19)14-8-10-15(11-9-14)18(5,6)7/h8-11,13,16,19H,12H2,1-7H3. The number of aliphatic hydroxyl groups excluding tert-OH is 1. The van der Waals surface area contributed by atoms with Gasteiger partial charge in [0.25, 0.3) is 0 Å². The highest BCUT2D eigenvalue weighted by atomic mass is 16.3. The maximum absolute atomic E-state index is 10.3. The molecule has 1 heteroatoms. The molecule has 19 heavy (non-hydrogen) atoms. The predicted molar refractivity (Wildman–Crippen MR) is 83.3 cm³/mol. The largest absolute Gasteiger partial charge is 0.388 e. The van der Waals surface area contributed by atoms with Crippen molar-refractivity contribution in [2.45, 2.75) is 66.4 Å². The molecule has 0 saturated carbocycles. The number of aliphatic hydroxyl groups is 1. The molecule has 0 spiro atoms. The average Bonchev–Trinajstić information content (AvgIpc) is 2.26. The van der Waals surface area contributed by atoms with Crippen LogP contribution in [0.3, 0.4) is 0 Å². The zero-order valence-corrected chi connectivity index (χ0v) is 13.6. The van der Waals surface area contributed by atoms with Crippen LogP contribution in [-0.2, 0) is 5.41 Å². The van der Waals surface area contributed by atoms with Gasteiger partial charge in [-0.3, -0.25) is 0 Å². The summed E-state index contributed by atoms with van der Waals surface area (Å²) in [5, 5.41) is 10.3. The third-order valence-electron chi connectivity index (χ3n) is 4.22. The third kappa shape index (κ3) is 4.65. The minimum atomic E-state index is -0.358. The Morgan fingerprint density at radius 1 is 0.947 bits per heavy atom. The fraction of sp³-hybridized carbons (Fsp3) is 0.667. The van der Waals surface area contributed by atoms with Gasteiger partial charge in [-0.1, -0.05) is 72.7 Å². The molecule has 2 unspecified atom stereocenters. The Balaban J connectivity index is 2.76. The SMILES string of the molecule is CC(CC(O)c1ccc(C(C)(C)C)cc1)C(C)(C)C. The van der Waals surface area contributed by atoms with Gasteiger partial charge in [0.2, 0.25) is 0 Å². The van der Waals surface area contributed by atoms with Crippen LogP contribution in [0.5, 0.6) is 0 Å². The Kier molecular flexibility index (Phi) is 4.84. The Hall–Kier alpha value is -0.820. The first-order chi connectivity index (χ1) is 8.51. The molecule has 1 nitrogen and oxygen atoms in total. The predicted octanol–water partition coefficient (Wildman–Crippen LogP) is 5.09. The van der Waals surface area contributed by atoms with Gasteiger partial charge in [0.1, 0.15) is 0 Å². The van der Waals surface area contributed by atoms with Crippen LogP contribution in [0.2, 0.25) is 0 Å². The first-order valence-electron chi connectivity index (χ1n) is 7.30. The van der Waals surface area contributed by atoms with Gasteiger partial charge >= 0.3 is 0 Å². The molecule has 1 aromatic rings. The smallest absolute Gasteiger partial charge is 0.0792 e. The normalized spacial score (nSPS) is 16.2. The zero-order chi connectivity index (χ0) is 14.8. The van der Waals surface area contributed by atoms with E-state index in [0.717, 1.165) is 12.0 Å². The molecule has 2 atom stereocenters. The quantitative estimate of drug-likeness (QED) is 0.804. The first-order valence-corrected chi connectivity index (χ1v) is 7.30. The van der Waals surface area contributed by atoms with Crippen LogP contribution in [0, 0.1) is 11.3 Å². The monoisotopic (exact) mass is 262 g/mol. The van der Waals surface area contributed by atoms with E-state index in [1.54, 1.807) is 0 Å². The minimum Gasteiger partial charge on any atom is -0.388 e. The minimum absolute atomic E-state index is 0.169. The number of benzene rings is 1. The number of hydrogen-bond donors (Lipinski definition) is 1. The van der Waals surface area contributed by atoms with Crippen molar-refractivity contribution in [2.75, 3.05) is 0 Å². The van der Waals surface area contributed by atoms with Crippen molar-refractivity contribution in [3.8, 4) is 0 Å². The summed E-state index contributed by atoms with van der Waals surface area (Å²) in [4.78, 5) is 0. The summed E-state index contributed by atoms with van der Waals surface area (Å²) < 4.78 is 0. The van der Waals surface area contributed by atoms with Crippen molar-refractivity contribution < 1.29 is 5.11 Å². The van der Waals surface area contributed by atoms with Crippen LogP contribution >= 0.6 is 0 Å². The fourth-order valence-corrected chi connectivity index (χ4v) is 2.03. The molecule has 1 rings (SSSR count). The summed E-state index contributed by atoms with van der Waals surface area (Å²) in [5.74, 6) is 0.491. The molecule has 0 aliphatic heterocycles. The summed E-state index contributed by atoms with van der Waals surface area (Å²) >= 11 is 0. The van der Waals surface area contributed by atoms with Crippen LogP contribution in [0.25, 0.3) is 0 Å². The zero-order valence-electron chi connectivity index (χ0n) is 13.6. The van der Waals surface area contributed by atoms with Crippen LogP contribution in [0.1, 0.15) is 72.1 Å². The van der Waals surface area contributed by atoms with Gasteiger partial charge in [-0.2, -0.15) is 0 Å². The van der Waals surface area contributed by atoms with E-state index in [2.05, 4.69) is 72.7 Å². The Morgan fingerprint density at radius 2 is 1.42 bits per heavy atom. The molecule has 0 radical (unpaired) electrons. The highest BCUT2D eigenvalue weighted by molar-refractivity contribution is 5.28. The molecule has 1 N–H and O–H groups in total. The maximum Gasteiger partial charge on any atom is 0.0792 e. The highest BCUT2D eigenvalue weighted by Gasteiger charge is 2.23. The second-order valence-electron chi connectivity index (χ2n) is 7.89. The summed E-state index contributed by atoms with van der Waals surface area (Å²) in [5.41, 5.74) is 2.76. The van der Waals surface area contributed by atoms with Crippen molar-refractivity contribution in [3.05, 3.63) is 35.4 Å². The van der Waals surface area contributed by atoms with Gasteiger partial charge in [-0.25, -0.2) is 0 Å². The highest BCUT2D eigenvalue weighted by Crippen LogP contribution is 2.33. The lowest BCUT2D eigenvalue weighted by molar-refractivity contribution is 0.111. The Labute approximate surface area is 119 Å². The van der Waals surface area contributed by atoms with E-state index < -0.39 is 0 Å². The topological polar surface area (TPSA) is 20.2 Å². The second kappa shape index (κ2) is 5.66. The maximum atomic E-state index is 10.3.